The number of hydrogen-bond donors (Lipinski definition) is 1. The summed E-state index contributed by atoms with van der Waals surface area (Å²) in [6.07, 6.45) is 10.1. The molecule has 0 saturated carbocycles. The summed E-state index contributed by atoms with van der Waals surface area (Å²) in [5.74, 6) is 0.375. The standard InChI is InChI=1S/C16H20O/c1-3-4-5-6-13-8-10-14-9-7-12(2)16(17)15(14)11-13/h6-7,9-10,17H,2-5,8,11H2,1H3. The minimum atomic E-state index is 0.375. The third-order valence-electron chi connectivity index (χ3n) is 3.38. The summed E-state index contributed by atoms with van der Waals surface area (Å²) in [4.78, 5) is 0. The molecule has 0 atom stereocenters. The third kappa shape index (κ3) is 2.60. The smallest absolute Gasteiger partial charge is 0.126 e. The van der Waals surface area contributed by atoms with Crippen LogP contribution in [0.4, 0.5) is 0 Å². The fourth-order valence-corrected chi connectivity index (χ4v) is 2.28. The van der Waals surface area contributed by atoms with Gasteiger partial charge < -0.3 is 5.11 Å². The Morgan fingerprint density at radius 3 is 3.00 bits per heavy atom. The Bertz CT molecular complexity index is 537. The van der Waals surface area contributed by atoms with Crippen molar-refractivity contribution in [1.82, 2.24) is 0 Å². The van der Waals surface area contributed by atoms with Crippen LogP contribution in [0.15, 0.2) is 23.8 Å². The van der Waals surface area contributed by atoms with Crippen LogP contribution in [0.5, 0.6) is 5.75 Å². The maximum absolute atomic E-state index is 10.0. The summed E-state index contributed by atoms with van der Waals surface area (Å²) in [5.41, 5.74) is 2.47. The number of rotatable bonds is 3. The average Bonchev–Trinajstić information content (AvgIpc) is 2.35. The largest absolute Gasteiger partial charge is 0.507 e. The van der Waals surface area contributed by atoms with E-state index in [1.54, 1.807) is 0 Å². The Morgan fingerprint density at radius 1 is 1.41 bits per heavy atom. The van der Waals surface area contributed by atoms with Crippen LogP contribution in [0, 0.1) is 0 Å². The van der Waals surface area contributed by atoms with E-state index in [1.165, 1.54) is 23.6 Å². The van der Waals surface area contributed by atoms with E-state index in [1.807, 2.05) is 6.07 Å². The van der Waals surface area contributed by atoms with Gasteiger partial charge in [0.15, 0.2) is 0 Å². The van der Waals surface area contributed by atoms with Crippen LogP contribution in [0.3, 0.4) is 0 Å². The second kappa shape index (κ2) is 5.22. The molecule has 1 aliphatic carbocycles. The summed E-state index contributed by atoms with van der Waals surface area (Å²) in [5, 5.41) is 11.9. The summed E-state index contributed by atoms with van der Waals surface area (Å²) in [7, 11) is 0. The van der Waals surface area contributed by atoms with Crippen molar-refractivity contribution in [3.05, 3.63) is 39.8 Å². The van der Waals surface area contributed by atoms with Crippen molar-refractivity contribution in [2.45, 2.75) is 39.0 Å². The van der Waals surface area contributed by atoms with Crippen LogP contribution in [-0.4, -0.2) is 5.11 Å². The first-order valence-corrected chi connectivity index (χ1v) is 6.40. The van der Waals surface area contributed by atoms with E-state index in [0.717, 1.165) is 30.0 Å². The highest BCUT2D eigenvalue weighted by molar-refractivity contribution is 5.48. The highest BCUT2D eigenvalue weighted by atomic mass is 16.3. The van der Waals surface area contributed by atoms with Crippen LogP contribution in [0.2, 0.25) is 0 Å². The van der Waals surface area contributed by atoms with Gasteiger partial charge in [0.05, 0.1) is 0 Å². The first-order chi connectivity index (χ1) is 8.22. The first-order valence-electron chi connectivity index (χ1n) is 6.40. The van der Waals surface area contributed by atoms with Gasteiger partial charge in [0, 0.05) is 10.8 Å². The molecule has 1 aromatic rings. The van der Waals surface area contributed by atoms with E-state index in [2.05, 4.69) is 31.7 Å². The van der Waals surface area contributed by atoms with Gasteiger partial charge in [0.2, 0.25) is 0 Å². The Hall–Kier alpha value is -1.50. The van der Waals surface area contributed by atoms with Crippen molar-refractivity contribution in [3.63, 3.8) is 0 Å². The predicted octanol–water partition coefficient (Wildman–Crippen LogP) is 2.65. The maximum atomic E-state index is 10.0. The van der Waals surface area contributed by atoms with Crippen LogP contribution in [0.25, 0.3) is 12.7 Å². The zero-order chi connectivity index (χ0) is 12.3. The molecule has 0 aromatic heterocycles. The van der Waals surface area contributed by atoms with E-state index < -0.39 is 0 Å². The molecule has 0 amide bonds. The Balaban J connectivity index is 2.27. The highest BCUT2D eigenvalue weighted by Crippen LogP contribution is 2.20. The number of unbranched alkanes of at least 4 members (excludes halogenated alkanes) is 2. The van der Waals surface area contributed by atoms with E-state index in [9.17, 15) is 5.11 Å². The van der Waals surface area contributed by atoms with Gasteiger partial charge in [-0.3, -0.25) is 0 Å². The SMILES string of the molecule is C=c1ccc2c(c1O)CC(=CCCCC)CC=2. The van der Waals surface area contributed by atoms with Crippen molar-refractivity contribution in [2.24, 2.45) is 0 Å². The minimum absolute atomic E-state index is 0.375. The lowest BCUT2D eigenvalue weighted by Gasteiger charge is -2.14. The Kier molecular flexibility index (Phi) is 3.68. The number of phenols is 1. The minimum Gasteiger partial charge on any atom is -0.507 e. The van der Waals surface area contributed by atoms with Crippen molar-refractivity contribution >= 4 is 12.7 Å². The molecule has 17 heavy (non-hydrogen) atoms. The van der Waals surface area contributed by atoms with Gasteiger partial charge in [-0.15, -0.1) is 0 Å². The maximum Gasteiger partial charge on any atom is 0.126 e. The van der Waals surface area contributed by atoms with Crippen LogP contribution < -0.4 is 10.4 Å². The molecule has 0 fully saturated rings. The van der Waals surface area contributed by atoms with Crippen LogP contribution >= 0.6 is 0 Å². The molecular weight excluding hydrogens is 208 g/mol. The zero-order valence-electron chi connectivity index (χ0n) is 10.5. The van der Waals surface area contributed by atoms with Crippen molar-refractivity contribution in [3.8, 4) is 5.75 Å². The quantitative estimate of drug-likeness (QED) is 0.623. The molecule has 90 valence electrons. The van der Waals surface area contributed by atoms with E-state index >= 15 is 0 Å². The topological polar surface area (TPSA) is 20.2 Å². The van der Waals surface area contributed by atoms with Gasteiger partial charge in [-0.05, 0) is 24.5 Å². The number of benzene rings is 1. The molecule has 0 aliphatic heterocycles. The fraction of sp³-hybridized carbons (Fsp3) is 0.375. The molecule has 1 nitrogen and oxygen atoms in total. The molecule has 0 unspecified atom stereocenters. The molecule has 0 bridgehead atoms. The molecule has 2 rings (SSSR count). The molecule has 0 heterocycles. The molecule has 1 N–H and O–H groups in total. The number of hydrogen-bond acceptors (Lipinski definition) is 1. The van der Waals surface area contributed by atoms with Crippen LogP contribution in [0.1, 0.15) is 38.2 Å². The van der Waals surface area contributed by atoms with Gasteiger partial charge in [0.1, 0.15) is 5.75 Å². The number of allylic oxidation sites excluding steroid dienone is 2. The van der Waals surface area contributed by atoms with Crippen molar-refractivity contribution in [1.29, 1.82) is 0 Å². The van der Waals surface area contributed by atoms with Crippen molar-refractivity contribution < 1.29 is 5.11 Å². The van der Waals surface area contributed by atoms with E-state index in [-0.39, 0.29) is 0 Å². The van der Waals surface area contributed by atoms with E-state index in [0.29, 0.717) is 5.75 Å². The molecule has 0 radical (unpaired) electrons. The molecule has 0 saturated heterocycles. The van der Waals surface area contributed by atoms with Gasteiger partial charge in [-0.2, -0.15) is 0 Å². The highest BCUT2D eigenvalue weighted by Gasteiger charge is 2.10. The lowest BCUT2D eigenvalue weighted by Crippen LogP contribution is -2.19. The number of aromatic hydroxyl groups is 1. The lowest BCUT2D eigenvalue weighted by molar-refractivity contribution is 0.464. The summed E-state index contributed by atoms with van der Waals surface area (Å²) in [6.45, 7) is 6.06. The third-order valence-corrected chi connectivity index (χ3v) is 3.38. The second-order valence-electron chi connectivity index (χ2n) is 4.73. The fourth-order valence-electron chi connectivity index (χ4n) is 2.28. The van der Waals surface area contributed by atoms with Gasteiger partial charge in [-0.1, -0.05) is 56.2 Å². The molecule has 1 aliphatic rings. The number of fused-ring (bicyclic) bond motifs is 1. The summed E-state index contributed by atoms with van der Waals surface area (Å²) < 4.78 is 0. The van der Waals surface area contributed by atoms with Gasteiger partial charge >= 0.3 is 0 Å². The van der Waals surface area contributed by atoms with Crippen LogP contribution in [-0.2, 0) is 6.42 Å². The van der Waals surface area contributed by atoms with Gasteiger partial charge in [0.25, 0.3) is 0 Å². The molecule has 1 aromatic carbocycles. The van der Waals surface area contributed by atoms with E-state index in [4.69, 9.17) is 0 Å². The summed E-state index contributed by atoms with van der Waals surface area (Å²) in [6, 6.07) is 3.94. The average molecular weight is 228 g/mol. The molecule has 1 heteroatoms. The Morgan fingerprint density at radius 2 is 2.24 bits per heavy atom. The monoisotopic (exact) mass is 228 g/mol. The zero-order valence-corrected chi connectivity index (χ0v) is 10.5. The lowest BCUT2D eigenvalue weighted by atomic mass is 9.92. The molecule has 0 spiro atoms. The summed E-state index contributed by atoms with van der Waals surface area (Å²) >= 11 is 0. The van der Waals surface area contributed by atoms with Gasteiger partial charge in [-0.25, -0.2) is 0 Å². The second-order valence-corrected chi connectivity index (χ2v) is 4.73. The Labute approximate surface area is 103 Å². The number of phenolic OH excluding ortho intramolecular Hbond substituents is 1. The van der Waals surface area contributed by atoms with Crippen molar-refractivity contribution in [2.75, 3.05) is 0 Å². The molecular formula is C16H20O. The predicted molar refractivity (Wildman–Crippen MR) is 73.3 cm³/mol. The normalized spacial score (nSPS) is 16.6. The first kappa shape index (κ1) is 12.0.